The molecule has 6 heteroatoms. The molecule has 0 spiro atoms. The Morgan fingerprint density at radius 3 is 2.74 bits per heavy atom. The Morgan fingerprint density at radius 1 is 1.26 bits per heavy atom. The van der Waals surface area contributed by atoms with Crippen LogP contribution >= 0.6 is 12.2 Å². The fourth-order valence-corrected chi connectivity index (χ4v) is 3.56. The van der Waals surface area contributed by atoms with Crippen molar-refractivity contribution in [3.63, 3.8) is 0 Å². The van der Waals surface area contributed by atoms with Gasteiger partial charge in [0.25, 0.3) is 5.91 Å². The molecule has 0 saturated heterocycles. The molecule has 0 aromatic heterocycles. The first-order valence-corrected chi connectivity index (χ1v) is 8.65. The number of carbonyl (C=O) groups excluding carboxylic acids is 1. The maximum Gasteiger partial charge on any atom is 0.262 e. The summed E-state index contributed by atoms with van der Waals surface area (Å²) in [5.74, 6) is 0.560. The van der Waals surface area contributed by atoms with E-state index in [9.17, 15) is 4.79 Å². The average molecular weight is 333 g/mol. The number of para-hydroxylation sites is 2. The van der Waals surface area contributed by atoms with Gasteiger partial charge in [-0.25, -0.2) is 0 Å². The molecule has 1 aromatic rings. The van der Waals surface area contributed by atoms with Gasteiger partial charge in [-0.05, 0) is 37.2 Å². The van der Waals surface area contributed by atoms with E-state index in [1.807, 2.05) is 29.2 Å². The molecule has 1 amide bonds. The smallest absolute Gasteiger partial charge is 0.262 e. The molecule has 1 aliphatic carbocycles. The molecule has 0 radical (unpaired) electrons. The fourth-order valence-electron chi connectivity index (χ4n) is 3.22. The monoisotopic (exact) mass is 333 g/mol. The third kappa shape index (κ3) is 3.58. The van der Waals surface area contributed by atoms with Gasteiger partial charge >= 0.3 is 0 Å². The second-order valence-electron chi connectivity index (χ2n) is 6.08. The van der Waals surface area contributed by atoms with Crippen LogP contribution in [0.15, 0.2) is 24.3 Å². The van der Waals surface area contributed by atoms with Gasteiger partial charge in [0.1, 0.15) is 5.75 Å². The molecule has 1 aromatic carbocycles. The van der Waals surface area contributed by atoms with Crippen LogP contribution in [-0.2, 0) is 4.79 Å². The number of carbonyl (C=O) groups is 1. The molecule has 5 nitrogen and oxygen atoms in total. The summed E-state index contributed by atoms with van der Waals surface area (Å²) in [6.45, 7) is 0.426. The lowest BCUT2D eigenvalue weighted by atomic mass is 9.96. The molecule has 1 saturated carbocycles. The Hall–Kier alpha value is -1.82. The summed E-state index contributed by atoms with van der Waals surface area (Å²) >= 11 is 5.63. The molecule has 1 heterocycles. The minimum atomic E-state index is -0.555. The maximum absolute atomic E-state index is 12.0. The van der Waals surface area contributed by atoms with Crippen molar-refractivity contribution in [1.82, 2.24) is 10.6 Å². The lowest BCUT2D eigenvalue weighted by molar-refractivity contribution is -0.127. The summed E-state index contributed by atoms with van der Waals surface area (Å²) < 4.78 is 5.81. The van der Waals surface area contributed by atoms with Crippen LogP contribution in [0.5, 0.6) is 5.75 Å². The molecular formula is C17H23N3O2S. The maximum atomic E-state index is 12.0. The van der Waals surface area contributed by atoms with Crippen LogP contribution in [0, 0.1) is 0 Å². The predicted molar refractivity (Wildman–Crippen MR) is 94.9 cm³/mol. The van der Waals surface area contributed by atoms with Gasteiger partial charge in [-0.2, -0.15) is 0 Å². The van der Waals surface area contributed by atoms with E-state index in [2.05, 4.69) is 10.6 Å². The van der Waals surface area contributed by atoms with Gasteiger partial charge in [-0.15, -0.1) is 0 Å². The van der Waals surface area contributed by atoms with E-state index in [-0.39, 0.29) is 5.91 Å². The summed E-state index contributed by atoms with van der Waals surface area (Å²) in [6, 6.07) is 8.15. The number of nitrogens with one attached hydrogen (secondary N) is 2. The van der Waals surface area contributed by atoms with Gasteiger partial charge in [-0.1, -0.05) is 31.4 Å². The number of benzene rings is 1. The van der Waals surface area contributed by atoms with Crippen LogP contribution in [0.25, 0.3) is 0 Å². The van der Waals surface area contributed by atoms with Crippen LogP contribution in [0.3, 0.4) is 0 Å². The number of hydrogen-bond donors (Lipinski definition) is 2. The highest BCUT2D eigenvalue weighted by atomic mass is 32.1. The summed E-state index contributed by atoms with van der Waals surface area (Å²) in [4.78, 5) is 14.0. The third-order valence-electron chi connectivity index (χ3n) is 4.49. The van der Waals surface area contributed by atoms with Crippen molar-refractivity contribution in [2.24, 2.45) is 0 Å². The normalized spacial score (nSPS) is 21.1. The molecule has 2 N–H and O–H groups in total. The number of nitrogens with zero attached hydrogens (tertiary/aromatic N) is 1. The third-order valence-corrected chi connectivity index (χ3v) is 4.83. The van der Waals surface area contributed by atoms with Gasteiger partial charge in [0.15, 0.2) is 11.2 Å². The average Bonchev–Trinajstić information content (AvgIpc) is 2.60. The number of rotatable bonds is 2. The zero-order valence-electron chi connectivity index (χ0n) is 13.4. The Kier molecular flexibility index (Phi) is 5.00. The first-order valence-electron chi connectivity index (χ1n) is 8.24. The SMILES string of the molecule is CNC(=O)[C@H]1CN(C(=S)NC2CCCCC2)c2ccccc2O1. The minimum Gasteiger partial charge on any atom is -0.477 e. The summed E-state index contributed by atoms with van der Waals surface area (Å²) in [6.07, 6.45) is 5.57. The van der Waals surface area contributed by atoms with Crippen LogP contribution in [0.4, 0.5) is 5.69 Å². The lowest BCUT2D eigenvalue weighted by Gasteiger charge is -2.37. The summed E-state index contributed by atoms with van der Waals surface area (Å²) in [5.41, 5.74) is 0.918. The van der Waals surface area contributed by atoms with E-state index in [4.69, 9.17) is 17.0 Å². The van der Waals surface area contributed by atoms with E-state index < -0.39 is 6.10 Å². The highest BCUT2D eigenvalue weighted by Crippen LogP contribution is 2.33. The van der Waals surface area contributed by atoms with Crippen molar-refractivity contribution in [3.8, 4) is 5.75 Å². The first-order chi connectivity index (χ1) is 11.2. The minimum absolute atomic E-state index is 0.134. The molecule has 1 aliphatic heterocycles. The highest BCUT2D eigenvalue weighted by molar-refractivity contribution is 7.80. The largest absolute Gasteiger partial charge is 0.477 e. The molecule has 1 fully saturated rings. The fraction of sp³-hybridized carbons (Fsp3) is 0.529. The van der Waals surface area contributed by atoms with E-state index in [1.54, 1.807) is 7.05 Å². The van der Waals surface area contributed by atoms with E-state index in [0.29, 0.717) is 23.4 Å². The van der Waals surface area contributed by atoms with Crippen molar-refractivity contribution >= 4 is 28.9 Å². The first kappa shape index (κ1) is 16.1. The number of anilines is 1. The summed E-state index contributed by atoms with van der Waals surface area (Å²) in [5, 5.41) is 6.81. The van der Waals surface area contributed by atoms with Crippen molar-refractivity contribution < 1.29 is 9.53 Å². The van der Waals surface area contributed by atoms with Crippen LogP contribution in [-0.4, -0.2) is 36.8 Å². The van der Waals surface area contributed by atoms with Crippen LogP contribution < -0.4 is 20.3 Å². The van der Waals surface area contributed by atoms with Crippen LogP contribution in [0.2, 0.25) is 0 Å². The van der Waals surface area contributed by atoms with Crippen molar-refractivity contribution in [2.45, 2.75) is 44.2 Å². The van der Waals surface area contributed by atoms with Gasteiger partial charge in [-0.3, -0.25) is 4.79 Å². The zero-order valence-corrected chi connectivity index (χ0v) is 14.2. The molecule has 23 heavy (non-hydrogen) atoms. The van der Waals surface area contributed by atoms with Gasteiger partial charge in [0.2, 0.25) is 0 Å². The topological polar surface area (TPSA) is 53.6 Å². The Morgan fingerprint density at radius 2 is 2.00 bits per heavy atom. The van der Waals surface area contributed by atoms with E-state index in [0.717, 1.165) is 18.5 Å². The van der Waals surface area contributed by atoms with E-state index in [1.165, 1.54) is 19.3 Å². The van der Waals surface area contributed by atoms with Crippen molar-refractivity contribution in [2.75, 3.05) is 18.5 Å². The number of thiocarbonyl (C=S) groups is 1. The number of likely N-dealkylation sites (N-methyl/N-ethyl adjacent to an activating group) is 1. The zero-order chi connectivity index (χ0) is 16.2. The van der Waals surface area contributed by atoms with Gasteiger partial charge in [0.05, 0.1) is 12.2 Å². The lowest BCUT2D eigenvalue weighted by Crippen LogP contribution is -2.54. The second-order valence-corrected chi connectivity index (χ2v) is 6.47. The Labute approximate surface area is 142 Å². The standard InChI is InChI=1S/C17H23N3O2S/c1-18-16(21)15-11-20(13-9-5-6-10-14(13)22-15)17(23)19-12-7-3-2-4-8-12/h5-6,9-10,12,15H,2-4,7-8,11H2,1H3,(H,18,21)(H,19,23)/t15-/m1/s1. The molecule has 3 rings (SSSR count). The molecule has 0 bridgehead atoms. The Bertz CT molecular complexity index is 587. The number of amides is 1. The molecular weight excluding hydrogens is 310 g/mol. The molecule has 2 aliphatic rings. The number of hydrogen-bond acceptors (Lipinski definition) is 3. The van der Waals surface area contributed by atoms with Crippen molar-refractivity contribution in [1.29, 1.82) is 0 Å². The van der Waals surface area contributed by atoms with Gasteiger partial charge in [0, 0.05) is 13.1 Å². The number of fused-ring (bicyclic) bond motifs is 1. The molecule has 0 unspecified atom stereocenters. The predicted octanol–water partition coefficient (Wildman–Crippen LogP) is 2.21. The second kappa shape index (κ2) is 7.17. The molecule has 1 atom stereocenters. The van der Waals surface area contributed by atoms with E-state index >= 15 is 0 Å². The van der Waals surface area contributed by atoms with Crippen LogP contribution in [0.1, 0.15) is 32.1 Å². The Balaban J connectivity index is 1.78. The quantitative estimate of drug-likeness (QED) is 0.813. The van der Waals surface area contributed by atoms with Crippen molar-refractivity contribution in [3.05, 3.63) is 24.3 Å². The van der Waals surface area contributed by atoms with Gasteiger partial charge < -0.3 is 20.3 Å². The summed E-state index contributed by atoms with van der Waals surface area (Å²) in [7, 11) is 1.62. The highest BCUT2D eigenvalue weighted by Gasteiger charge is 2.32. The number of ether oxygens (including phenoxy) is 1. The molecule has 124 valence electrons.